The standard InChI is InChI=1S/C10H15N3O2S/c1-3-13(5-4-9(11)16)10(14)8-6-7(2)12-15-8/h6H,3-5H2,1-2H3,(H2,11,16). The molecule has 16 heavy (non-hydrogen) atoms. The summed E-state index contributed by atoms with van der Waals surface area (Å²) in [5.41, 5.74) is 6.08. The number of aryl methyl sites for hydroxylation is 1. The number of aromatic nitrogens is 1. The van der Waals surface area contributed by atoms with Crippen molar-refractivity contribution in [3.8, 4) is 0 Å². The van der Waals surface area contributed by atoms with Crippen LogP contribution in [0.4, 0.5) is 0 Å². The Balaban J connectivity index is 2.66. The van der Waals surface area contributed by atoms with Crippen molar-refractivity contribution in [2.24, 2.45) is 5.73 Å². The van der Waals surface area contributed by atoms with Crippen LogP contribution in [-0.4, -0.2) is 34.0 Å². The zero-order valence-corrected chi connectivity index (χ0v) is 10.2. The summed E-state index contributed by atoms with van der Waals surface area (Å²) in [7, 11) is 0. The second kappa shape index (κ2) is 5.60. The first-order valence-electron chi connectivity index (χ1n) is 5.05. The first kappa shape index (κ1) is 12.6. The highest BCUT2D eigenvalue weighted by molar-refractivity contribution is 7.80. The topological polar surface area (TPSA) is 72.4 Å². The average molecular weight is 241 g/mol. The Labute approximate surface area is 99.6 Å². The van der Waals surface area contributed by atoms with E-state index in [2.05, 4.69) is 5.16 Å². The van der Waals surface area contributed by atoms with Crippen LogP contribution < -0.4 is 5.73 Å². The van der Waals surface area contributed by atoms with E-state index in [0.29, 0.717) is 30.2 Å². The predicted octanol–water partition coefficient (Wildman–Crippen LogP) is 1.12. The lowest BCUT2D eigenvalue weighted by molar-refractivity contribution is 0.0727. The van der Waals surface area contributed by atoms with E-state index < -0.39 is 0 Å². The lowest BCUT2D eigenvalue weighted by Gasteiger charge is -2.18. The van der Waals surface area contributed by atoms with Crippen LogP contribution in [0.5, 0.6) is 0 Å². The molecule has 0 unspecified atom stereocenters. The maximum absolute atomic E-state index is 11.9. The number of nitrogens with zero attached hydrogens (tertiary/aromatic N) is 2. The largest absolute Gasteiger partial charge is 0.393 e. The van der Waals surface area contributed by atoms with Crippen molar-refractivity contribution in [2.75, 3.05) is 13.1 Å². The number of hydrogen-bond donors (Lipinski definition) is 1. The molecule has 1 heterocycles. The van der Waals surface area contributed by atoms with Crippen molar-refractivity contribution in [1.29, 1.82) is 0 Å². The average Bonchev–Trinajstić information content (AvgIpc) is 2.65. The Bertz CT molecular complexity index is 389. The van der Waals surface area contributed by atoms with E-state index in [9.17, 15) is 4.79 Å². The SMILES string of the molecule is CCN(CCC(N)=S)C(=O)c1cc(C)no1. The number of carbonyl (C=O) groups is 1. The molecule has 0 saturated carbocycles. The highest BCUT2D eigenvalue weighted by atomic mass is 32.1. The molecule has 6 heteroatoms. The molecule has 0 saturated heterocycles. The minimum Gasteiger partial charge on any atom is -0.393 e. The molecule has 1 aromatic heterocycles. The van der Waals surface area contributed by atoms with Gasteiger partial charge in [0.25, 0.3) is 5.91 Å². The number of rotatable bonds is 5. The van der Waals surface area contributed by atoms with Crippen molar-refractivity contribution >= 4 is 23.1 Å². The van der Waals surface area contributed by atoms with E-state index in [1.54, 1.807) is 17.9 Å². The first-order valence-corrected chi connectivity index (χ1v) is 5.46. The van der Waals surface area contributed by atoms with Gasteiger partial charge in [-0.2, -0.15) is 0 Å². The highest BCUT2D eigenvalue weighted by Crippen LogP contribution is 2.07. The number of hydrogen-bond acceptors (Lipinski definition) is 4. The van der Waals surface area contributed by atoms with Crippen LogP contribution in [0.1, 0.15) is 29.6 Å². The maximum atomic E-state index is 11.9. The summed E-state index contributed by atoms with van der Waals surface area (Å²) >= 11 is 4.77. The van der Waals surface area contributed by atoms with Crippen LogP contribution in [0.15, 0.2) is 10.6 Å². The summed E-state index contributed by atoms with van der Waals surface area (Å²) in [4.78, 5) is 13.9. The van der Waals surface area contributed by atoms with Crippen molar-refractivity contribution in [2.45, 2.75) is 20.3 Å². The molecule has 0 aliphatic rings. The summed E-state index contributed by atoms with van der Waals surface area (Å²) in [5.74, 6) is 0.0710. The van der Waals surface area contributed by atoms with Gasteiger partial charge >= 0.3 is 0 Å². The van der Waals surface area contributed by atoms with Gasteiger partial charge in [0.15, 0.2) is 0 Å². The lowest BCUT2D eigenvalue weighted by atomic mass is 10.3. The van der Waals surface area contributed by atoms with Gasteiger partial charge in [0.2, 0.25) is 5.76 Å². The molecule has 0 spiro atoms. The van der Waals surface area contributed by atoms with Gasteiger partial charge in [-0.1, -0.05) is 17.4 Å². The molecule has 1 rings (SSSR count). The molecule has 1 amide bonds. The van der Waals surface area contributed by atoms with Crippen LogP contribution in [0, 0.1) is 6.92 Å². The predicted molar refractivity (Wildman–Crippen MR) is 64.2 cm³/mol. The lowest BCUT2D eigenvalue weighted by Crippen LogP contribution is -2.33. The molecule has 2 N–H and O–H groups in total. The minimum atomic E-state index is -0.181. The Morgan fingerprint density at radius 3 is 2.81 bits per heavy atom. The van der Waals surface area contributed by atoms with E-state index in [0.717, 1.165) is 0 Å². The van der Waals surface area contributed by atoms with Gasteiger partial charge in [-0.05, 0) is 13.8 Å². The van der Waals surface area contributed by atoms with Crippen molar-refractivity contribution in [1.82, 2.24) is 10.1 Å². The quantitative estimate of drug-likeness (QED) is 0.782. The minimum absolute atomic E-state index is 0.181. The van der Waals surface area contributed by atoms with Gasteiger partial charge in [-0.3, -0.25) is 4.79 Å². The zero-order chi connectivity index (χ0) is 12.1. The zero-order valence-electron chi connectivity index (χ0n) is 9.40. The van der Waals surface area contributed by atoms with Gasteiger partial charge < -0.3 is 15.2 Å². The molecule has 0 fully saturated rings. The molecule has 0 aromatic carbocycles. The second-order valence-electron chi connectivity index (χ2n) is 3.43. The summed E-state index contributed by atoms with van der Waals surface area (Å²) < 4.78 is 4.91. The number of amides is 1. The second-order valence-corrected chi connectivity index (χ2v) is 3.96. The molecule has 0 aliphatic carbocycles. The third-order valence-corrected chi connectivity index (χ3v) is 2.34. The fraction of sp³-hybridized carbons (Fsp3) is 0.500. The summed E-state index contributed by atoms with van der Waals surface area (Å²) in [6.45, 7) is 4.75. The van der Waals surface area contributed by atoms with Crippen LogP contribution in [0.2, 0.25) is 0 Å². The fourth-order valence-electron chi connectivity index (χ4n) is 1.27. The smallest absolute Gasteiger partial charge is 0.292 e. The van der Waals surface area contributed by atoms with E-state index in [4.69, 9.17) is 22.5 Å². The highest BCUT2D eigenvalue weighted by Gasteiger charge is 2.18. The number of nitrogens with two attached hydrogens (primary N) is 1. The van der Waals surface area contributed by atoms with E-state index in [1.165, 1.54) is 0 Å². The molecule has 0 aliphatic heterocycles. The molecule has 88 valence electrons. The van der Waals surface area contributed by atoms with Crippen LogP contribution in [0.25, 0.3) is 0 Å². The van der Waals surface area contributed by atoms with Crippen LogP contribution in [-0.2, 0) is 0 Å². The van der Waals surface area contributed by atoms with E-state index in [-0.39, 0.29) is 11.7 Å². The monoisotopic (exact) mass is 241 g/mol. The Kier molecular flexibility index (Phi) is 4.42. The van der Waals surface area contributed by atoms with E-state index >= 15 is 0 Å². The van der Waals surface area contributed by atoms with Gasteiger partial charge in [0, 0.05) is 25.6 Å². The number of thiocarbonyl (C=S) groups is 1. The summed E-state index contributed by atoms with van der Waals surface area (Å²) in [6, 6.07) is 1.62. The van der Waals surface area contributed by atoms with Gasteiger partial charge in [0.1, 0.15) is 0 Å². The third-order valence-electron chi connectivity index (χ3n) is 2.14. The first-order chi connectivity index (χ1) is 7.54. The van der Waals surface area contributed by atoms with Crippen molar-refractivity contribution in [3.05, 3.63) is 17.5 Å². The Morgan fingerprint density at radius 1 is 1.69 bits per heavy atom. The number of carbonyl (C=O) groups excluding carboxylic acids is 1. The summed E-state index contributed by atoms with van der Waals surface area (Å²) in [5, 5.41) is 3.68. The molecule has 5 nitrogen and oxygen atoms in total. The maximum Gasteiger partial charge on any atom is 0.292 e. The van der Waals surface area contributed by atoms with Gasteiger partial charge in [-0.25, -0.2) is 0 Å². The Morgan fingerprint density at radius 2 is 2.38 bits per heavy atom. The van der Waals surface area contributed by atoms with Gasteiger partial charge in [0.05, 0.1) is 10.7 Å². The molecule has 0 atom stereocenters. The molecular weight excluding hydrogens is 226 g/mol. The Hall–Kier alpha value is -1.43. The summed E-state index contributed by atoms with van der Waals surface area (Å²) in [6.07, 6.45) is 0.516. The molecule has 0 radical (unpaired) electrons. The van der Waals surface area contributed by atoms with Crippen LogP contribution >= 0.6 is 12.2 Å². The molecule has 1 aromatic rings. The third kappa shape index (κ3) is 3.30. The van der Waals surface area contributed by atoms with Gasteiger partial charge in [-0.15, -0.1) is 0 Å². The normalized spacial score (nSPS) is 10.1. The van der Waals surface area contributed by atoms with Crippen molar-refractivity contribution < 1.29 is 9.32 Å². The van der Waals surface area contributed by atoms with Crippen LogP contribution in [0.3, 0.4) is 0 Å². The fourth-order valence-corrected chi connectivity index (χ4v) is 1.36. The van der Waals surface area contributed by atoms with Crippen molar-refractivity contribution in [3.63, 3.8) is 0 Å². The molecule has 0 bridgehead atoms. The molecular formula is C10H15N3O2S. The van der Waals surface area contributed by atoms with E-state index in [1.807, 2.05) is 6.92 Å².